The molecule has 0 aromatic carbocycles. The lowest BCUT2D eigenvalue weighted by Gasteiger charge is -2.02. The van der Waals surface area contributed by atoms with E-state index in [1.54, 1.807) is 36.8 Å². The van der Waals surface area contributed by atoms with Crippen LogP contribution in [0.5, 0.6) is 0 Å². The van der Waals surface area contributed by atoms with Crippen molar-refractivity contribution in [1.82, 2.24) is 9.97 Å². The fraction of sp³-hybridized carbons (Fsp3) is 0. The van der Waals surface area contributed by atoms with E-state index in [2.05, 4.69) is 16.0 Å². The lowest BCUT2D eigenvalue weighted by Crippen LogP contribution is -2.02. The van der Waals surface area contributed by atoms with Crippen LogP contribution in [0.4, 0.5) is 0 Å². The Bertz CT molecular complexity index is 870. The number of nitrogens with one attached hydrogen (secondary N) is 2. The third kappa shape index (κ3) is 1.23. The standard InChI is InChI=1S/C13H8N4/c14-6-8-2-1-4-17-13-11(8)9-7-16-5-3-10(15)12(9)13/h1-5,7,15,17H. The van der Waals surface area contributed by atoms with Gasteiger partial charge in [-0.1, -0.05) is 0 Å². The van der Waals surface area contributed by atoms with Crippen molar-refractivity contribution in [3.05, 3.63) is 58.3 Å². The second kappa shape index (κ2) is 3.42. The van der Waals surface area contributed by atoms with Crippen LogP contribution in [0.1, 0.15) is 5.56 Å². The molecule has 80 valence electrons. The van der Waals surface area contributed by atoms with Crippen molar-refractivity contribution >= 4 is 10.8 Å². The molecule has 2 aliphatic rings. The molecule has 3 rings (SSSR count). The molecule has 0 radical (unpaired) electrons. The molecule has 0 spiro atoms. The van der Waals surface area contributed by atoms with Crippen molar-refractivity contribution in [3.63, 3.8) is 0 Å². The van der Waals surface area contributed by atoms with Gasteiger partial charge in [-0.15, -0.1) is 0 Å². The van der Waals surface area contributed by atoms with Crippen LogP contribution in [0, 0.1) is 27.3 Å². The number of nitrogens with zero attached hydrogens (tertiary/aromatic N) is 2. The topological polar surface area (TPSA) is 76.3 Å². The van der Waals surface area contributed by atoms with Crippen LogP contribution in [-0.4, -0.2) is 9.97 Å². The van der Waals surface area contributed by atoms with Crippen LogP contribution in [0.2, 0.25) is 0 Å². The van der Waals surface area contributed by atoms with Crippen LogP contribution in [0.3, 0.4) is 0 Å². The van der Waals surface area contributed by atoms with Gasteiger partial charge < -0.3 is 10.4 Å². The molecule has 1 aliphatic carbocycles. The van der Waals surface area contributed by atoms with Crippen LogP contribution in [0.15, 0.2) is 36.8 Å². The van der Waals surface area contributed by atoms with Gasteiger partial charge in [-0.3, -0.25) is 4.98 Å². The summed E-state index contributed by atoms with van der Waals surface area (Å²) in [6, 6.07) is 7.36. The van der Waals surface area contributed by atoms with Crippen LogP contribution in [0.25, 0.3) is 10.8 Å². The molecule has 0 atom stereocenters. The number of H-pyrrole nitrogens is 1. The van der Waals surface area contributed by atoms with Gasteiger partial charge in [0.2, 0.25) is 0 Å². The molecule has 1 aromatic heterocycles. The molecule has 2 heterocycles. The van der Waals surface area contributed by atoms with Crippen molar-refractivity contribution in [1.29, 1.82) is 10.7 Å². The Morgan fingerprint density at radius 3 is 3.06 bits per heavy atom. The first-order chi connectivity index (χ1) is 8.33. The minimum atomic E-state index is 0.413. The van der Waals surface area contributed by atoms with Crippen molar-refractivity contribution in [2.75, 3.05) is 0 Å². The van der Waals surface area contributed by atoms with Gasteiger partial charge in [-0.05, 0) is 18.2 Å². The lowest BCUT2D eigenvalue weighted by molar-refractivity contribution is 1.24. The van der Waals surface area contributed by atoms with Gasteiger partial charge in [0.15, 0.2) is 0 Å². The van der Waals surface area contributed by atoms with E-state index in [-0.39, 0.29) is 0 Å². The van der Waals surface area contributed by atoms with E-state index in [1.807, 2.05) is 0 Å². The van der Waals surface area contributed by atoms with E-state index < -0.39 is 0 Å². The highest BCUT2D eigenvalue weighted by atomic mass is 14.7. The van der Waals surface area contributed by atoms with E-state index in [0.717, 1.165) is 21.3 Å². The number of aromatic nitrogens is 2. The maximum Gasteiger partial charge on any atom is 0.0999 e. The highest BCUT2D eigenvalue weighted by molar-refractivity contribution is 5.88. The fourth-order valence-electron chi connectivity index (χ4n) is 2.06. The lowest BCUT2D eigenvalue weighted by atomic mass is 10.0. The third-order valence-corrected chi connectivity index (χ3v) is 2.82. The smallest absolute Gasteiger partial charge is 0.0999 e. The summed E-state index contributed by atoms with van der Waals surface area (Å²) in [6.07, 6.45) is 5.06. The van der Waals surface area contributed by atoms with Gasteiger partial charge in [-0.25, -0.2) is 0 Å². The van der Waals surface area contributed by atoms with Gasteiger partial charge in [0.25, 0.3) is 0 Å². The molecule has 0 fully saturated rings. The summed E-state index contributed by atoms with van der Waals surface area (Å²) >= 11 is 0. The normalized spacial score (nSPS) is 10.5. The Morgan fingerprint density at radius 2 is 2.24 bits per heavy atom. The number of fused-ring (bicyclic) bond motifs is 3. The summed E-state index contributed by atoms with van der Waals surface area (Å²) in [5, 5.41) is 20.8. The van der Waals surface area contributed by atoms with Crippen molar-refractivity contribution in [2.24, 2.45) is 0 Å². The Kier molecular flexibility index (Phi) is 1.92. The SMILES string of the molecule is N#Cc1ccc[nH]c2c3c(=N)ccncc3c1=2. The zero-order chi connectivity index (χ0) is 11.8. The Morgan fingerprint density at radius 1 is 1.35 bits per heavy atom. The number of hydrogen-bond acceptors (Lipinski definition) is 3. The van der Waals surface area contributed by atoms with Gasteiger partial charge in [-0.2, -0.15) is 5.26 Å². The van der Waals surface area contributed by atoms with Crippen molar-refractivity contribution in [3.8, 4) is 6.07 Å². The molecule has 1 aliphatic heterocycles. The second-order valence-corrected chi connectivity index (χ2v) is 3.74. The molecule has 17 heavy (non-hydrogen) atoms. The van der Waals surface area contributed by atoms with Gasteiger partial charge in [0, 0.05) is 34.6 Å². The zero-order valence-corrected chi connectivity index (χ0v) is 8.86. The summed E-state index contributed by atoms with van der Waals surface area (Å²) in [5.41, 5.74) is 0.598. The number of nitriles is 1. The number of hydrogen-bond donors (Lipinski definition) is 2. The Balaban J connectivity index is 2.74. The predicted molar refractivity (Wildman–Crippen MR) is 62.0 cm³/mol. The first kappa shape index (κ1) is 9.55. The average molecular weight is 220 g/mol. The molecule has 4 heteroatoms. The van der Waals surface area contributed by atoms with Crippen LogP contribution < -0.4 is 5.36 Å². The summed E-state index contributed by atoms with van der Waals surface area (Å²) in [6.45, 7) is 0. The number of rotatable bonds is 0. The van der Waals surface area contributed by atoms with Gasteiger partial charge >= 0.3 is 0 Å². The first-order valence-electron chi connectivity index (χ1n) is 5.14. The molecule has 0 saturated heterocycles. The Labute approximate surface area is 96.3 Å². The van der Waals surface area contributed by atoms with Crippen molar-refractivity contribution < 1.29 is 0 Å². The second-order valence-electron chi connectivity index (χ2n) is 3.74. The van der Waals surface area contributed by atoms with Gasteiger partial charge in [0.05, 0.1) is 22.3 Å². The molecule has 4 nitrogen and oxygen atoms in total. The molecule has 0 bridgehead atoms. The summed E-state index contributed by atoms with van der Waals surface area (Å²) < 4.78 is 0. The highest BCUT2D eigenvalue weighted by Crippen LogP contribution is 2.19. The quantitative estimate of drug-likeness (QED) is 0.604. The minimum absolute atomic E-state index is 0.413. The summed E-state index contributed by atoms with van der Waals surface area (Å²) in [5.74, 6) is 0. The van der Waals surface area contributed by atoms with E-state index in [4.69, 9.17) is 10.7 Å². The largest absolute Gasteiger partial charge is 0.361 e. The van der Waals surface area contributed by atoms with Crippen molar-refractivity contribution in [2.45, 2.75) is 0 Å². The van der Waals surface area contributed by atoms with E-state index >= 15 is 0 Å². The number of aromatic amines is 1. The van der Waals surface area contributed by atoms with E-state index in [1.165, 1.54) is 0 Å². The fourth-order valence-corrected chi connectivity index (χ4v) is 2.06. The minimum Gasteiger partial charge on any atom is -0.361 e. The first-order valence-corrected chi connectivity index (χ1v) is 5.14. The third-order valence-electron chi connectivity index (χ3n) is 2.82. The summed E-state index contributed by atoms with van der Waals surface area (Å²) in [4.78, 5) is 7.18. The maximum absolute atomic E-state index is 9.11. The highest BCUT2D eigenvalue weighted by Gasteiger charge is 2.09. The molecule has 1 aromatic rings. The molecular weight excluding hydrogens is 212 g/mol. The van der Waals surface area contributed by atoms with Gasteiger partial charge in [0.1, 0.15) is 0 Å². The van der Waals surface area contributed by atoms with E-state index in [0.29, 0.717) is 10.9 Å². The molecule has 0 unspecified atom stereocenters. The summed E-state index contributed by atoms with van der Waals surface area (Å²) in [7, 11) is 0. The Hall–Kier alpha value is -2.67. The van der Waals surface area contributed by atoms with Crippen LogP contribution in [-0.2, 0) is 0 Å². The van der Waals surface area contributed by atoms with E-state index in [9.17, 15) is 0 Å². The molecule has 0 amide bonds. The monoisotopic (exact) mass is 220 g/mol. The zero-order valence-electron chi connectivity index (χ0n) is 8.86. The average Bonchev–Trinajstić information content (AvgIpc) is 2.57. The predicted octanol–water partition coefficient (Wildman–Crippen LogP) is 1.64. The molecule has 2 N–H and O–H groups in total. The maximum atomic E-state index is 9.11. The van der Waals surface area contributed by atoms with Crippen LogP contribution >= 0.6 is 0 Å². The molecular formula is C13H8N4. The molecule has 0 saturated carbocycles.